The number of nitrogens with two attached hydrogens (primary N) is 1. The number of carboxylic acid groups (broad SMARTS) is 1. The summed E-state index contributed by atoms with van der Waals surface area (Å²) >= 11 is 0. The van der Waals surface area contributed by atoms with E-state index in [0.29, 0.717) is 0 Å². The van der Waals surface area contributed by atoms with Gasteiger partial charge < -0.3 is 26.8 Å². The van der Waals surface area contributed by atoms with Crippen molar-refractivity contribution in [3.63, 3.8) is 0 Å². The molecule has 102 valence electrons. The lowest BCUT2D eigenvalue weighted by atomic mass is 10.3. The number of nitrogens with one attached hydrogen (secondary N) is 3. The van der Waals surface area contributed by atoms with Gasteiger partial charge in [-0.2, -0.15) is 0 Å². The van der Waals surface area contributed by atoms with Crippen LogP contribution in [0.25, 0.3) is 0 Å². The Morgan fingerprint density at radius 1 is 1.06 bits per heavy atom. The first kappa shape index (κ1) is 15.8. The molecule has 0 fully saturated rings. The van der Waals surface area contributed by atoms with Gasteiger partial charge in [-0.3, -0.25) is 19.2 Å². The molecule has 0 saturated heterocycles. The maximum Gasteiger partial charge on any atom is 0.325 e. The van der Waals surface area contributed by atoms with E-state index in [-0.39, 0.29) is 19.6 Å². The van der Waals surface area contributed by atoms with Crippen LogP contribution in [0, 0.1) is 0 Å². The summed E-state index contributed by atoms with van der Waals surface area (Å²) in [5.74, 6) is -2.88. The van der Waals surface area contributed by atoms with Gasteiger partial charge in [0.15, 0.2) is 0 Å². The number of amides is 3. The molecule has 0 aliphatic rings. The summed E-state index contributed by atoms with van der Waals surface area (Å²) in [6, 6.07) is -1.04. The Kier molecular flexibility index (Phi) is 7.05. The van der Waals surface area contributed by atoms with Crippen molar-refractivity contribution >= 4 is 23.7 Å². The highest BCUT2D eigenvalue weighted by atomic mass is 16.4. The van der Waals surface area contributed by atoms with Crippen molar-refractivity contribution in [3.05, 3.63) is 0 Å². The number of aliphatic carboxylic acids is 1. The molecular formula is C9H16N4O5. The van der Waals surface area contributed by atoms with Crippen LogP contribution in [0.15, 0.2) is 0 Å². The zero-order valence-electron chi connectivity index (χ0n) is 9.86. The lowest BCUT2D eigenvalue weighted by molar-refractivity contribution is -0.141. The molecule has 0 aromatic carbocycles. The van der Waals surface area contributed by atoms with E-state index < -0.39 is 29.7 Å². The highest BCUT2D eigenvalue weighted by Gasteiger charge is 2.14. The van der Waals surface area contributed by atoms with E-state index >= 15 is 0 Å². The first-order valence-corrected chi connectivity index (χ1v) is 5.12. The highest BCUT2D eigenvalue weighted by molar-refractivity contribution is 5.89. The molecule has 0 aliphatic heterocycles. The van der Waals surface area contributed by atoms with Crippen LogP contribution in [0.5, 0.6) is 0 Å². The number of carbonyl (C=O) groups excluding carboxylic acids is 3. The van der Waals surface area contributed by atoms with Crippen LogP contribution in [0.2, 0.25) is 0 Å². The molecule has 0 aromatic heterocycles. The second-order valence-electron chi connectivity index (χ2n) is 3.39. The van der Waals surface area contributed by atoms with E-state index in [2.05, 4.69) is 16.0 Å². The fraction of sp³-hybridized carbons (Fsp3) is 0.556. The average molecular weight is 260 g/mol. The molecule has 0 radical (unpaired) electrons. The van der Waals surface area contributed by atoms with Crippen molar-refractivity contribution in [2.45, 2.75) is 13.0 Å². The molecule has 0 heterocycles. The van der Waals surface area contributed by atoms with E-state index in [0.717, 1.165) is 0 Å². The van der Waals surface area contributed by atoms with Crippen molar-refractivity contribution in [1.29, 1.82) is 0 Å². The Balaban J connectivity index is 3.82. The lowest BCUT2D eigenvalue weighted by Gasteiger charge is -2.10. The van der Waals surface area contributed by atoms with Gasteiger partial charge in [-0.15, -0.1) is 0 Å². The fourth-order valence-corrected chi connectivity index (χ4v) is 0.847. The molecule has 9 heteroatoms. The minimum atomic E-state index is -1.18. The number of hydrogen-bond donors (Lipinski definition) is 5. The van der Waals surface area contributed by atoms with Gasteiger partial charge in [0.25, 0.3) is 0 Å². The van der Waals surface area contributed by atoms with Crippen LogP contribution >= 0.6 is 0 Å². The molecule has 0 spiro atoms. The number of carboxylic acids is 1. The summed E-state index contributed by atoms with van der Waals surface area (Å²) in [6.45, 7) is 0.403. The predicted octanol–water partition coefficient (Wildman–Crippen LogP) is -3.23. The topological polar surface area (TPSA) is 151 Å². The second kappa shape index (κ2) is 8.01. The molecule has 0 aromatic rings. The van der Waals surface area contributed by atoms with Crippen LogP contribution in [0.1, 0.15) is 6.92 Å². The third-order valence-electron chi connectivity index (χ3n) is 1.83. The molecule has 6 N–H and O–H groups in total. The van der Waals surface area contributed by atoms with Crippen molar-refractivity contribution in [3.8, 4) is 0 Å². The zero-order valence-corrected chi connectivity index (χ0v) is 9.86. The Hall–Kier alpha value is -2.16. The van der Waals surface area contributed by atoms with Gasteiger partial charge in [0.2, 0.25) is 17.7 Å². The molecule has 0 aliphatic carbocycles. The third-order valence-corrected chi connectivity index (χ3v) is 1.83. The Morgan fingerprint density at radius 2 is 1.56 bits per heavy atom. The average Bonchev–Trinajstić information content (AvgIpc) is 2.32. The Labute approximate surface area is 103 Å². The summed E-state index contributed by atoms with van der Waals surface area (Å²) in [6.07, 6.45) is 0. The second-order valence-corrected chi connectivity index (χ2v) is 3.39. The largest absolute Gasteiger partial charge is 0.480 e. The quantitative estimate of drug-likeness (QED) is 0.324. The van der Waals surface area contributed by atoms with E-state index in [1.165, 1.54) is 6.92 Å². The van der Waals surface area contributed by atoms with E-state index in [1.54, 1.807) is 0 Å². The van der Waals surface area contributed by atoms with Gasteiger partial charge in [-0.05, 0) is 6.92 Å². The summed E-state index contributed by atoms with van der Waals surface area (Å²) < 4.78 is 0. The molecule has 3 amide bonds. The number of carbonyl (C=O) groups is 4. The van der Waals surface area contributed by atoms with Crippen LogP contribution in [0.4, 0.5) is 0 Å². The maximum atomic E-state index is 11.2. The van der Waals surface area contributed by atoms with Crippen molar-refractivity contribution in [1.82, 2.24) is 16.0 Å². The minimum Gasteiger partial charge on any atom is -0.480 e. The number of rotatable bonds is 7. The molecule has 0 bridgehead atoms. The third kappa shape index (κ3) is 7.17. The van der Waals surface area contributed by atoms with Gasteiger partial charge in [-0.1, -0.05) is 0 Å². The summed E-state index contributed by atoms with van der Waals surface area (Å²) in [5, 5.41) is 15.1. The Bertz CT molecular complexity index is 344. The smallest absolute Gasteiger partial charge is 0.325 e. The van der Waals surface area contributed by atoms with Crippen molar-refractivity contribution < 1.29 is 24.3 Å². The van der Waals surface area contributed by atoms with Crippen LogP contribution < -0.4 is 21.7 Å². The molecule has 1 unspecified atom stereocenters. The van der Waals surface area contributed by atoms with Gasteiger partial charge in [0.05, 0.1) is 19.6 Å². The predicted molar refractivity (Wildman–Crippen MR) is 60.3 cm³/mol. The monoisotopic (exact) mass is 260 g/mol. The van der Waals surface area contributed by atoms with Crippen LogP contribution in [-0.2, 0) is 19.2 Å². The normalized spacial score (nSPS) is 11.2. The van der Waals surface area contributed by atoms with E-state index in [1.807, 2.05) is 0 Å². The van der Waals surface area contributed by atoms with Gasteiger partial charge in [-0.25, -0.2) is 0 Å². The van der Waals surface area contributed by atoms with Crippen molar-refractivity contribution in [2.24, 2.45) is 5.73 Å². The first-order chi connectivity index (χ1) is 8.36. The maximum absolute atomic E-state index is 11.2. The number of hydrogen-bond acceptors (Lipinski definition) is 5. The summed E-state index contributed by atoms with van der Waals surface area (Å²) in [5.41, 5.74) is 5.00. The van der Waals surface area contributed by atoms with Gasteiger partial charge in [0, 0.05) is 0 Å². The lowest BCUT2D eigenvalue weighted by Crippen LogP contribution is -2.46. The summed E-state index contributed by atoms with van der Waals surface area (Å²) in [4.78, 5) is 43.4. The van der Waals surface area contributed by atoms with Crippen LogP contribution in [0.3, 0.4) is 0 Å². The van der Waals surface area contributed by atoms with E-state index in [9.17, 15) is 19.2 Å². The molecule has 18 heavy (non-hydrogen) atoms. The molecular weight excluding hydrogens is 244 g/mol. The molecule has 1 atom stereocenters. The fourth-order valence-electron chi connectivity index (χ4n) is 0.847. The standard InChI is InChI=1S/C9H16N4O5/c1-5(9(17)18)13-8(16)4-12-7(15)3-11-6(14)2-10/h5H,2-4,10H2,1H3,(H,11,14)(H,12,15)(H,13,16)(H,17,18). The molecule has 0 rings (SSSR count). The van der Waals surface area contributed by atoms with E-state index in [4.69, 9.17) is 10.8 Å². The zero-order chi connectivity index (χ0) is 14.1. The first-order valence-electron chi connectivity index (χ1n) is 5.12. The molecule has 9 nitrogen and oxygen atoms in total. The highest BCUT2D eigenvalue weighted by Crippen LogP contribution is 1.80. The minimum absolute atomic E-state index is 0.232. The van der Waals surface area contributed by atoms with Gasteiger partial charge >= 0.3 is 5.97 Å². The van der Waals surface area contributed by atoms with Crippen molar-refractivity contribution in [2.75, 3.05) is 19.6 Å². The summed E-state index contributed by atoms with van der Waals surface area (Å²) in [7, 11) is 0. The van der Waals surface area contributed by atoms with Crippen LogP contribution in [-0.4, -0.2) is 54.5 Å². The van der Waals surface area contributed by atoms with Gasteiger partial charge in [0.1, 0.15) is 6.04 Å². The molecule has 0 saturated carbocycles. The SMILES string of the molecule is CC(NC(=O)CNC(=O)CNC(=O)CN)C(=O)O. The Morgan fingerprint density at radius 3 is 2.06 bits per heavy atom.